The fourth-order valence-electron chi connectivity index (χ4n) is 0.978. The van der Waals surface area contributed by atoms with Gasteiger partial charge in [0, 0.05) is 6.20 Å². The molecule has 4 nitrogen and oxygen atoms in total. The van der Waals surface area contributed by atoms with E-state index in [1.807, 2.05) is 0 Å². The molecule has 14 heavy (non-hydrogen) atoms. The van der Waals surface area contributed by atoms with Crippen LogP contribution in [0.3, 0.4) is 0 Å². The van der Waals surface area contributed by atoms with Gasteiger partial charge in [0.15, 0.2) is 0 Å². The Balaban J connectivity index is 2.73. The quantitative estimate of drug-likeness (QED) is 0.832. The van der Waals surface area contributed by atoms with E-state index in [0.29, 0.717) is 11.1 Å². The van der Waals surface area contributed by atoms with Crippen LogP contribution in [0.15, 0.2) is 21.5 Å². The van der Waals surface area contributed by atoms with Gasteiger partial charge in [-0.05, 0) is 34.5 Å². The highest BCUT2D eigenvalue weighted by Gasteiger charge is 2.05. The molecular formula is C9H10BrNO3. The van der Waals surface area contributed by atoms with Crippen LogP contribution in [0.2, 0.25) is 0 Å². The Morgan fingerprint density at radius 3 is 2.93 bits per heavy atom. The van der Waals surface area contributed by atoms with Gasteiger partial charge >= 0.3 is 5.97 Å². The van der Waals surface area contributed by atoms with Gasteiger partial charge in [-0.15, -0.1) is 0 Å². The van der Waals surface area contributed by atoms with E-state index < -0.39 is 0 Å². The average molecular weight is 260 g/mol. The van der Waals surface area contributed by atoms with Crippen molar-refractivity contribution in [3.05, 3.63) is 32.7 Å². The Morgan fingerprint density at radius 1 is 1.64 bits per heavy atom. The molecule has 0 atom stereocenters. The number of hydrogen-bond donors (Lipinski definition) is 1. The molecule has 1 rings (SSSR count). The lowest BCUT2D eigenvalue weighted by Crippen LogP contribution is -2.11. The van der Waals surface area contributed by atoms with Crippen molar-refractivity contribution in [3.63, 3.8) is 0 Å². The van der Waals surface area contributed by atoms with Gasteiger partial charge in [0.25, 0.3) is 5.56 Å². The topological polar surface area (TPSA) is 59.2 Å². The predicted octanol–water partition coefficient (Wildman–Crippen LogP) is 1.24. The molecule has 0 saturated heterocycles. The number of H-pyrrole nitrogens is 1. The van der Waals surface area contributed by atoms with Crippen molar-refractivity contribution in [2.75, 3.05) is 6.61 Å². The maximum Gasteiger partial charge on any atom is 0.310 e. The van der Waals surface area contributed by atoms with Gasteiger partial charge in [-0.1, -0.05) is 0 Å². The second-order valence-electron chi connectivity index (χ2n) is 2.67. The van der Waals surface area contributed by atoms with Crippen LogP contribution in [0.25, 0.3) is 0 Å². The highest BCUT2D eigenvalue weighted by Crippen LogP contribution is 2.06. The standard InChI is InChI=1S/C9H10BrNO3/c1-2-14-8(12)4-6-3-7(10)9(13)11-5-6/h3,5H,2,4H2,1H3,(H,11,13). The zero-order chi connectivity index (χ0) is 10.6. The van der Waals surface area contributed by atoms with Crippen LogP contribution in [0.5, 0.6) is 0 Å². The summed E-state index contributed by atoms with van der Waals surface area (Å²) in [6.45, 7) is 2.12. The number of rotatable bonds is 3. The molecule has 0 aliphatic heterocycles. The summed E-state index contributed by atoms with van der Waals surface area (Å²) in [5.74, 6) is -0.300. The SMILES string of the molecule is CCOC(=O)Cc1c[nH]c(=O)c(Br)c1. The number of aromatic amines is 1. The smallest absolute Gasteiger partial charge is 0.310 e. The molecule has 0 amide bonds. The van der Waals surface area contributed by atoms with Crippen LogP contribution in [0.1, 0.15) is 12.5 Å². The normalized spacial score (nSPS) is 9.86. The fourth-order valence-corrected chi connectivity index (χ4v) is 1.39. The molecule has 0 radical (unpaired) electrons. The Bertz CT molecular complexity index is 386. The molecule has 0 unspecified atom stereocenters. The molecule has 0 bridgehead atoms. The number of halogens is 1. The van der Waals surface area contributed by atoms with E-state index in [9.17, 15) is 9.59 Å². The summed E-state index contributed by atoms with van der Waals surface area (Å²) < 4.78 is 5.19. The average Bonchev–Trinajstić information content (AvgIpc) is 2.12. The van der Waals surface area contributed by atoms with Crippen LogP contribution in [0, 0.1) is 0 Å². The first-order valence-corrected chi connectivity index (χ1v) is 4.95. The molecule has 0 aromatic carbocycles. The molecule has 1 aromatic rings. The Kier molecular flexibility index (Phi) is 3.88. The number of carbonyl (C=O) groups excluding carboxylic acids is 1. The number of hydrogen-bond acceptors (Lipinski definition) is 3. The molecule has 0 fully saturated rings. The zero-order valence-electron chi connectivity index (χ0n) is 7.67. The van der Waals surface area contributed by atoms with Gasteiger partial charge in [0.2, 0.25) is 0 Å². The highest BCUT2D eigenvalue weighted by atomic mass is 79.9. The summed E-state index contributed by atoms with van der Waals surface area (Å²) in [5, 5.41) is 0. The van der Waals surface area contributed by atoms with Crippen LogP contribution in [0.4, 0.5) is 0 Å². The first kappa shape index (κ1) is 11.0. The fraction of sp³-hybridized carbons (Fsp3) is 0.333. The minimum absolute atomic E-state index is 0.170. The number of carbonyl (C=O) groups is 1. The Labute approximate surface area is 89.4 Å². The molecular weight excluding hydrogens is 250 g/mol. The Hall–Kier alpha value is -1.10. The van der Waals surface area contributed by atoms with E-state index in [1.54, 1.807) is 13.0 Å². The maximum atomic E-state index is 11.1. The summed E-state index contributed by atoms with van der Waals surface area (Å²) in [6.07, 6.45) is 1.67. The van der Waals surface area contributed by atoms with Crippen LogP contribution >= 0.6 is 15.9 Å². The highest BCUT2D eigenvalue weighted by molar-refractivity contribution is 9.10. The number of pyridine rings is 1. The third-order valence-corrected chi connectivity index (χ3v) is 2.16. The molecule has 0 aliphatic rings. The first-order chi connectivity index (χ1) is 6.63. The van der Waals surface area contributed by atoms with E-state index >= 15 is 0 Å². The number of aromatic nitrogens is 1. The lowest BCUT2D eigenvalue weighted by molar-refractivity contribution is -0.142. The van der Waals surface area contributed by atoms with E-state index in [0.717, 1.165) is 5.56 Å². The largest absolute Gasteiger partial charge is 0.466 e. The lowest BCUT2D eigenvalue weighted by Gasteiger charge is -2.01. The van der Waals surface area contributed by atoms with Crippen molar-refractivity contribution in [1.29, 1.82) is 0 Å². The predicted molar refractivity (Wildman–Crippen MR) is 55.1 cm³/mol. The van der Waals surface area contributed by atoms with Crippen LogP contribution in [-0.4, -0.2) is 17.6 Å². The molecule has 5 heteroatoms. The van der Waals surface area contributed by atoms with Gasteiger partial charge < -0.3 is 9.72 Å². The lowest BCUT2D eigenvalue weighted by atomic mass is 10.2. The third-order valence-electron chi connectivity index (χ3n) is 1.57. The summed E-state index contributed by atoms with van der Waals surface area (Å²) in [7, 11) is 0. The van der Waals surface area contributed by atoms with Crippen molar-refractivity contribution >= 4 is 21.9 Å². The number of nitrogens with one attached hydrogen (secondary N) is 1. The van der Waals surface area contributed by atoms with E-state index in [4.69, 9.17) is 4.74 Å². The number of ether oxygens (including phenoxy) is 1. The first-order valence-electron chi connectivity index (χ1n) is 4.16. The minimum Gasteiger partial charge on any atom is -0.466 e. The van der Waals surface area contributed by atoms with Crippen molar-refractivity contribution in [2.24, 2.45) is 0 Å². The van der Waals surface area contributed by atoms with E-state index in [1.165, 1.54) is 6.20 Å². The van der Waals surface area contributed by atoms with Crippen LogP contribution in [-0.2, 0) is 16.0 Å². The zero-order valence-corrected chi connectivity index (χ0v) is 9.26. The molecule has 1 aromatic heterocycles. The summed E-state index contributed by atoms with van der Waals surface area (Å²) >= 11 is 3.08. The third kappa shape index (κ3) is 2.99. The molecule has 0 aliphatic carbocycles. The summed E-state index contributed by atoms with van der Waals surface area (Å²) in [4.78, 5) is 24.5. The molecule has 0 spiro atoms. The molecule has 76 valence electrons. The molecule has 1 N–H and O–H groups in total. The van der Waals surface area contributed by atoms with E-state index in [-0.39, 0.29) is 17.9 Å². The monoisotopic (exact) mass is 259 g/mol. The minimum atomic E-state index is -0.300. The van der Waals surface area contributed by atoms with Crippen molar-refractivity contribution < 1.29 is 9.53 Å². The van der Waals surface area contributed by atoms with Gasteiger partial charge in [0.05, 0.1) is 17.5 Å². The van der Waals surface area contributed by atoms with Gasteiger partial charge in [-0.2, -0.15) is 0 Å². The summed E-state index contributed by atoms with van der Waals surface area (Å²) in [6, 6.07) is 1.61. The molecule has 1 heterocycles. The van der Waals surface area contributed by atoms with Gasteiger partial charge in [-0.3, -0.25) is 9.59 Å². The number of esters is 1. The molecule has 0 saturated carbocycles. The van der Waals surface area contributed by atoms with Gasteiger partial charge in [0.1, 0.15) is 0 Å². The second kappa shape index (κ2) is 4.95. The van der Waals surface area contributed by atoms with Crippen molar-refractivity contribution in [2.45, 2.75) is 13.3 Å². The van der Waals surface area contributed by atoms with Crippen molar-refractivity contribution in [1.82, 2.24) is 4.98 Å². The van der Waals surface area contributed by atoms with Crippen molar-refractivity contribution in [3.8, 4) is 0 Å². The van der Waals surface area contributed by atoms with Gasteiger partial charge in [-0.25, -0.2) is 0 Å². The maximum absolute atomic E-state index is 11.1. The Morgan fingerprint density at radius 2 is 2.36 bits per heavy atom. The second-order valence-corrected chi connectivity index (χ2v) is 3.52. The summed E-state index contributed by atoms with van der Waals surface area (Å²) in [5.41, 5.74) is 0.507. The van der Waals surface area contributed by atoms with E-state index in [2.05, 4.69) is 20.9 Å². The van der Waals surface area contributed by atoms with Crippen LogP contribution < -0.4 is 5.56 Å².